The van der Waals surface area contributed by atoms with Crippen LogP contribution in [-0.2, 0) is 4.79 Å². The van der Waals surface area contributed by atoms with Gasteiger partial charge < -0.3 is 0 Å². The van der Waals surface area contributed by atoms with Crippen molar-refractivity contribution in [3.63, 3.8) is 0 Å². The Morgan fingerprint density at radius 2 is 1.83 bits per heavy atom. The molecule has 3 rings (SSSR count). The summed E-state index contributed by atoms with van der Waals surface area (Å²) in [6, 6.07) is 12.9. The molecular weight excluding hydrogens is 434 g/mol. The van der Waals surface area contributed by atoms with Crippen LogP contribution in [-0.4, -0.2) is 11.0 Å². The Kier molecular flexibility index (Phi) is 5.21. The zero-order valence-corrected chi connectivity index (χ0v) is 16.4. The summed E-state index contributed by atoms with van der Waals surface area (Å²) < 4.78 is 0.975. The summed E-state index contributed by atoms with van der Waals surface area (Å²) in [4.78, 5) is 11.7. The third-order valence-electron chi connectivity index (χ3n) is 3.95. The molecule has 0 saturated heterocycles. The van der Waals surface area contributed by atoms with Gasteiger partial charge in [0.1, 0.15) is 5.71 Å². The number of halogens is 4. The van der Waals surface area contributed by atoms with Crippen LogP contribution in [0, 0.1) is 5.92 Å². The van der Waals surface area contributed by atoms with E-state index in [1.54, 1.807) is 23.2 Å². The smallest absolute Gasteiger partial charge is 0.268 e. The lowest BCUT2D eigenvalue weighted by Crippen LogP contribution is -2.25. The molecule has 2 atom stereocenters. The molecule has 24 heavy (non-hydrogen) atoms. The van der Waals surface area contributed by atoms with Gasteiger partial charge in [0.05, 0.1) is 16.8 Å². The molecule has 0 aliphatic carbocycles. The number of hydrogen-bond acceptors (Lipinski definition) is 3. The Bertz CT molecular complexity index is 823. The Morgan fingerprint density at radius 3 is 2.42 bits per heavy atom. The lowest BCUT2D eigenvalue weighted by molar-refractivity contribution is -0.106. The van der Waals surface area contributed by atoms with Crippen molar-refractivity contribution in [3.05, 3.63) is 62.5 Å². The van der Waals surface area contributed by atoms with Gasteiger partial charge in [-0.15, -0.1) is 0 Å². The molecule has 0 saturated carbocycles. The SMILES string of the molecule is C[C@H]1C(C(=O)Cl)=NN(c2ccc(Cl)cc2Cl)[C@H]1c1ccc(Br)cc1. The topological polar surface area (TPSA) is 32.7 Å². The highest BCUT2D eigenvalue weighted by molar-refractivity contribution is 9.10. The number of carbonyl (C=O) groups excluding carboxylic acids is 1. The van der Waals surface area contributed by atoms with E-state index in [4.69, 9.17) is 34.8 Å². The molecular formula is C17H12BrCl3N2O. The average molecular weight is 447 g/mol. The maximum Gasteiger partial charge on any atom is 0.268 e. The van der Waals surface area contributed by atoms with Gasteiger partial charge in [0.2, 0.25) is 0 Å². The number of hydrazone groups is 1. The highest BCUT2D eigenvalue weighted by Gasteiger charge is 2.39. The van der Waals surface area contributed by atoms with Crippen LogP contribution in [0.4, 0.5) is 5.69 Å². The number of hydrogen-bond donors (Lipinski definition) is 0. The molecule has 7 heteroatoms. The van der Waals surface area contributed by atoms with Crippen LogP contribution in [0.2, 0.25) is 10.0 Å². The molecule has 0 radical (unpaired) electrons. The molecule has 2 aromatic carbocycles. The van der Waals surface area contributed by atoms with Gasteiger partial charge in [-0.25, -0.2) is 0 Å². The monoisotopic (exact) mass is 444 g/mol. The lowest BCUT2D eigenvalue weighted by Gasteiger charge is -2.27. The van der Waals surface area contributed by atoms with E-state index in [9.17, 15) is 4.79 Å². The molecule has 0 aromatic heterocycles. The molecule has 1 heterocycles. The molecule has 124 valence electrons. The maximum absolute atomic E-state index is 11.7. The van der Waals surface area contributed by atoms with Gasteiger partial charge in [0, 0.05) is 15.4 Å². The van der Waals surface area contributed by atoms with Gasteiger partial charge in [-0.3, -0.25) is 9.80 Å². The molecule has 0 spiro atoms. The molecule has 0 fully saturated rings. The largest absolute Gasteiger partial charge is 0.274 e. The lowest BCUT2D eigenvalue weighted by atomic mass is 9.92. The number of carbonyl (C=O) groups is 1. The molecule has 1 aliphatic heterocycles. The van der Waals surface area contributed by atoms with Crippen LogP contribution in [0.5, 0.6) is 0 Å². The van der Waals surface area contributed by atoms with Crippen molar-refractivity contribution in [2.24, 2.45) is 11.0 Å². The molecule has 3 nitrogen and oxygen atoms in total. The van der Waals surface area contributed by atoms with E-state index in [0.717, 1.165) is 10.0 Å². The van der Waals surface area contributed by atoms with E-state index in [1.807, 2.05) is 31.2 Å². The zero-order valence-electron chi connectivity index (χ0n) is 12.5. The summed E-state index contributed by atoms with van der Waals surface area (Å²) in [7, 11) is 0. The Balaban J connectivity index is 2.11. The summed E-state index contributed by atoms with van der Waals surface area (Å²) in [6.07, 6.45) is 0. The van der Waals surface area contributed by atoms with Gasteiger partial charge in [0.15, 0.2) is 0 Å². The Labute approximate surface area is 163 Å². The van der Waals surface area contributed by atoms with E-state index in [0.29, 0.717) is 21.4 Å². The van der Waals surface area contributed by atoms with Crippen molar-refractivity contribution in [2.75, 3.05) is 5.01 Å². The number of anilines is 1. The normalized spacial score (nSPS) is 20.2. The third kappa shape index (κ3) is 3.33. The number of nitrogens with zero attached hydrogens (tertiary/aromatic N) is 2. The highest BCUT2D eigenvalue weighted by atomic mass is 79.9. The quantitative estimate of drug-likeness (QED) is 0.536. The standard InChI is InChI=1S/C17H12BrCl3N2O/c1-9-15(17(21)24)22-23(14-7-6-12(19)8-13(14)20)16(9)10-2-4-11(18)5-3-10/h2-9,16H,1H3/t9-,16+/m0/s1. The number of benzene rings is 2. The van der Waals surface area contributed by atoms with E-state index >= 15 is 0 Å². The second kappa shape index (κ2) is 7.04. The Morgan fingerprint density at radius 1 is 1.17 bits per heavy atom. The van der Waals surface area contributed by atoms with Gasteiger partial charge >= 0.3 is 0 Å². The summed E-state index contributed by atoms with van der Waals surface area (Å²) >= 11 is 21.5. The van der Waals surface area contributed by atoms with Gasteiger partial charge in [0.25, 0.3) is 5.24 Å². The molecule has 0 N–H and O–H groups in total. The van der Waals surface area contributed by atoms with Crippen molar-refractivity contribution < 1.29 is 4.79 Å². The van der Waals surface area contributed by atoms with Gasteiger partial charge in [-0.2, -0.15) is 5.10 Å². The predicted octanol–water partition coefficient (Wildman–Crippen LogP) is 6.07. The van der Waals surface area contributed by atoms with Crippen LogP contribution in [0.25, 0.3) is 0 Å². The summed E-state index contributed by atoms with van der Waals surface area (Å²) in [5.74, 6) is -0.178. The first kappa shape index (κ1) is 17.7. The minimum Gasteiger partial charge on any atom is -0.274 e. The predicted molar refractivity (Wildman–Crippen MR) is 103 cm³/mol. The van der Waals surface area contributed by atoms with Crippen LogP contribution >= 0.6 is 50.7 Å². The second-order valence-electron chi connectivity index (χ2n) is 5.48. The fourth-order valence-corrected chi connectivity index (χ4v) is 3.78. The van der Waals surface area contributed by atoms with Crippen molar-refractivity contribution >= 4 is 67.4 Å². The zero-order chi connectivity index (χ0) is 17.4. The van der Waals surface area contributed by atoms with Crippen molar-refractivity contribution in [1.82, 2.24) is 0 Å². The molecule has 0 amide bonds. The van der Waals surface area contributed by atoms with Gasteiger partial charge in [-0.05, 0) is 47.5 Å². The van der Waals surface area contributed by atoms with Crippen LogP contribution in [0.1, 0.15) is 18.5 Å². The van der Waals surface area contributed by atoms with Crippen molar-refractivity contribution in [3.8, 4) is 0 Å². The van der Waals surface area contributed by atoms with Crippen LogP contribution < -0.4 is 5.01 Å². The van der Waals surface area contributed by atoms with Crippen molar-refractivity contribution in [2.45, 2.75) is 13.0 Å². The number of rotatable bonds is 3. The van der Waals surface area contributed by atoms with Crippen LogP contribution in [0.3, 0.4) is 0 Å². The fourth-order valence-electron chi connectivity index (χ4n) is 2.81. The third-order valence-corrected chi connectivity index (χ3v) is 5.21. The summed E-state index contributed by atoms with van der Waals surface area (Å²) in [6.45, 7) is 1.93. The molecule has 0 unspecified atom stereocenters. The second-order valence-corrected chi connectivity index (χ2v) is 7.59. The Hall–Kier alpha value is -1.07. The summed E-state index contributed by atoms with van der Waals surface area (Å²) in [5, 5.41) is 6.62. The van der Waals surface area contributed by atoms with Crippen LogP contribution in [0.15, 0.2) is 52.0 Å². The average Bonchev–Trinajstić information content (AvgIpc) is 2.86. The van der Waals surface area contributed by atoms with E-state index in [-0.39, 0.29) is 12.0 Å². The molecule has 2 aromatic rings. The first-order valence-corrected chi connectivity index (χ1v) is 9.09. The maximum atomic E-state index is 11.7. The minimum absolute atomic E-state index is 0.178. The van der Waals surface area contributed by atoms with Gasteiger partial charge in [-0.1, -0.05) is 58.2 Å². The first-order chi connectivity index (χ1) is 11.4. The highest BCUT2D eigenvalue weighted by Crippen LogP contribution is 2.42. The van der Waals surface area contributed by atoms with E-state index in [1.165, 1.54) is 0 Å². The first-order valence-electron chi connectivity index (χ1n) is 7.16. The summed E-state index contributed by atoms with van der Waals surface area (Å²) in [5.41, 5.74) is 2.00. The molecule has 0 bridgehead atoms. The minimum atomic E-state index is -0.558. The fraction of sp³-hybridized carbons (Fsp3) is 0.176. The molecule has 1 aliphatic rings. The van der Waals surface area contributed by atoms with Crippen molar-refractivity contribution in [1.29, 1.82) is 0 Å². The van der Waals surface area contributed by atoms with E-state index < -0.39 is 5.24 Å². The van der Waals surface area contributed by atoms with E-state index in [2.05, 4.69) is 21.0 Å².